The van der Waals surface area contributed by atoms with Gasteiger partial charge in [0.05, 0.1) is 5.91 Å². The molecule has 62 valence electrons. The van der Waals surface area contributed by atoms with Gasteiger partial charge in [0, 0.05) is 31.3 Å². The van der Waals surface area contributed by atoms with E-state index in [-0.39, 0.29) is 50.7 Å². The van der Waals surface area contributed by atoms with Gasteiger partial charge in [-0.2, -0.15) is 0 Å². The van der Waals surface area contributed by atoms with E-state index >= 15 is 0 Å². The van der Waals surface area contributed by atoms with Crippen molar-refractivity contribution in [1.29, 1.82) is 0 Å². The molecule has 0 rings (SSSR count). The molecule has 0 bridgehead atoms. The van der Waals surface area contributed by atoms with Gasteiger partial charge < -0.3 is 35.3 Å². The standard InChI is InChI=1S/C5H11NO.2ClH.Hf/c1-5(2,3)4(6)7;;;/h1-3H3,(H2,6,7);2*1H;/p-3. The minimum atomic E-state index is -0.507. The van der Waals surface area contributed by atoms with Crippen LogP contribution in [0.4, 0.5) is 0 Å². The van der Waals surface area contributed by atoms with E-state index < -0.39 is 11.3 Å². The molecule has 5 heteroatoms. The average molecular weight is 350 g/mol. The summed E-state index contributed by atoms with van der Waals surface area (Å²) in [6.07, 6.45) is 0. The molecule has 0 saturated carbocycles. The molecule has 0 atom stereocenters. The number of carbonyl (C=O) groups excluding carboxylic acids is 1. The van der Waals surface area contributed by atoms with Gasteiger partial charge in [0.2, 0.25) is 0 Å². The van der Waals surface area contributed by atoms with E-state index in [1.807, 2.05) is 0 Å². The van der Waals surface area contributed by atoms with Gasteiger partial charge >= 0.3 is 0 Å². The second-order valence-corrected chi connectivity index (χ2v) is 2.58. The summed E-state index contributed by atoms with van der Waals surface area (Å²) in [6, 6.07) is 0. The second-order valence-electron chi connectivity index (χ2n) is 2.58. The van der Waals surface area contributed by atoms with E-state index in [2.05, 4.69) is 0 Å². The molecule has 2 nitrogen and oxygen atoms in total. The Morgan fingerprint density at radius 3 is 1.30 bits per heavy atom. The van der Waals surface area contributed by atoms with E-state index in [9.17, 15) is 4.79 Å². The Labute approximate surface area is 92.9 Å². The van der Waals surface area contributed by atoms with Crippen LogP contribution in [0.3, 0.4) is 0 Å². The quantitative estimate of drug-likeness (QED) is 0.407. The molecule has 1 N–H and O–H groups in total. The number of halogens is 2. The molecule has 0 unspecified atom stereocenters. The first-order valence-corrected chi connectivity index (χ1v) is 2.20. The maximum absolute atomic E-state index is 10.1. The Kier molecular flexibility index (Phi) is 18.0. The summed E-state index contributed by atoms with van der Waals surface area (Å²) in [5.74, 6) is -0.507. The second kappa shape index (κ2) is 8.02. The van der Waals surface area contributed by atoms with Crippen molar-refractivity contribution in [3.63, 3.8) is 0 Å². The topological polar surface area (TPSA) is 40.9 Å². The number of amides is 1. The fraction of sp³-hybridized carbons (Fsp3) is 0.800. The Hall–Kier alpha value is 0.920. The molecular formula is C5H10Cl2HfNO-3. The molecule has 1 amide bonds. The first-order valence-electron chi connectivity index (χ1n) is 2.20. The maximum Gasteiger partial charge on any atom is 0.0542 e. The number of carbonyl (C=O) groups is 1. The van der Waals surface area contributed by atoms with Crippen LogP contribution >= 0.6 is 0 Å². The van der Waals surface area contributed by atoms with Crippen LogP contribution in [-0.4, -0.2) is 5.91 Å². The van der Waals surface area contributed by atoms with Crippen molar-refractivity contribution in [2.45, 2.75) is 20.8 Å². The Morgan fingerprint density at radius 1 is 1.20 bits per heavy atom. The maximum atomic E-state index is 10.1. The van der Waals surface area contributed by atoms with Crippen LogP contribution in [0.15, 0.2) is 0 Å². The molecule has 0 aliphatic carbocycles. The molecule has 0 aliphatic heterocycles. The van der Waals surface area contributed by atoms with Gasteiger partial charge in [-0.3, -0.25) is 0 Å². The minimum absolute atomic E-state index is 0. The monoisotopic (exact) mass is 350 g/mol. The molecule has 0 radical (unpaired) electrons. The van der Waals surface area contributed by atoms with Crippen molar-refractivity contribution in [2.75, 3.05) is 0 Å². The summed E-state index contributed by atoms with van der Waals surface area (Å²) < 4.78 is 0. The van der Waals surface area contributed by atoms with Crippen LogP contribution in [0, 0.1) is 5.41 Å². The summed E-state index contributed by atoms with van der Waals surface area (Å²) in [4.78, 5) is 10.1. The average Bonchev–Trinajstić information content (AvgIpc) is 1.31. The molecule has 0 fully saturated rings. The van der Waals surface area contributed by atoms with Crippen molar-refractivity contribution in [3.8, 4) is 0 Å². The van der Waals surface area contributed by atoms with Crippen molar-refractivity contribution < 1.29 is 55.5 Å². The fourth-order valence-corrected chi connectivity index (χ4v) is 0. The van der Waals surface area contributed by atoms with Gasteiger partial charge in [-0.15, -0.1) is 0 Å². The summed E-state index contributed by atoms with van der Waals surface area (Å²) in [6.45, 7) is 5.17. The molecule has 0 aromatic rings. The molecule has 0 aliphatic rings. The predicted octanol–water partition coefficient (Wildman–Crippen LogP) is -4.38. The number of rotatable bonds is 0. The van der Waals surface area contributed by atoms with Crippen LogP contribution in [0.1, 0.15) is 20.8 Å². The summed E-state index contributed by atoms with van der Waals surface area (Å²) in [5.41, 5.74) is 6.12. The van der Waals surface area contributed by atoms with Crippen molar-refractivity contribution in [1.82, 2.24) is 0 Å². The molecule has 0 heterocycles. The van der Waals surface area contributed by atoms with E-state index in [4.69, 9.17) is 5.73 Å². The molecule has 0 spiro atoms. The van der Waals surface area contributed by atoms with Crippen molar-refractivity contribution >= 4 is 5.91 Å². The molecule has 0 aromatic heterocycles. The van der Waals surface area contributed by atoms with Crippen molar-refractivity contribution in [3.05, 3.63) is 5.73 Å². The zero-order valence-electron chi connectivity index (χ0n) is 6.16. The van der Waals surface area contributed by atoms with E-state index in [0.29, 0.717) is 0 Å². The largest absolute Gasteiger partial charge is 1.00 e. The zero-order valence-corrected chi connectivity index (χ0v) is 11.3. The summed E-state index contributed by atoms with van der Waals surface area (Å²) in [7, 11) is 0. The van der Waals surface area contributed by atoms with Crippen LogP contribution in [0.5, 0.6) is 0 Å². The first kappa shape index (κ1) is 22.4. The van der Waals surface area contributed by atoms with Gasteiger partial charge in [0.1, 0.15) is 0 Å². The van der Waals surface area contributed by atoms with Gasteiger partial charge in [-0.25, -0.2) is 0 Å². The molecule has 0 aromatic carbocycles. The smallest absolute Gasteiger partial charge is 0.0542 e. The predicted molar refractivity (Wildman–Crippen MR) is 28.8 cm³/mol. The zero-order chi connectivity index (χ0) is 6.08. The van der Waals surface area contributed by atoms with Crippen LogP contribution in [-0.2, 0) is 30.6 Å². The van der Waals surface area contributed by atoms with E-state index in [1.54, 1.807) is 20.8 Å². The Morgan fingerprint density at radius 2 is 1.30 bits per heavy atom. The van der Waals surface area contributed by atoms with Crippen LogP contribution in [0.2, 0.25) is 0 Å². The SMILES string of the molecule is CC(C)(C)C([NH-])=O.[Cl-].[Cl-].[Hf]. The third kappa shape index (κ3) is 11.7. The number of hydrogen-bond donors (Lipinski definition) is 0. The van der Waals surface area contributed by atoms with Gasteiger partial charge in [0.15, 0.2) is 0 Å². The fourth-order valence-electron chi connectivity index (χ4n) is 0. The first-order chi connectivity index (χ1) is 2.94. The van der Waals surface area contributed by atoms with E-state index in [1.165, 1.54) is 0 Å². The van der Waals surface area contributed by atoms with Crippen LogP contribution in [0.25, 0.3) is 5.73 Å². The summed E-state index contributed by atoms with van der Waals surface area (Å²) in [5, 5.41) is 0. The van der Waals surface area contributed by atoms with E-state index in [0.717, 1.165) is 0 Å². The molecular weight excluding hydrogens is 339 g/mol. The minimum Gasteiger partial charge on any atom is -1.00 e. The van der Waals surface area contributed by atoms with Crippen molar-refractivity contribution in [2.24, 2.45) is 5.41 Å². The Balaban J connectivity index is -0.0000000600. The van der Waals surface area contributed by atoms with Gasteiger partial charge in [0.25, 0.3) is 0 Å². The number of nitrogens with one attached hydrogen (secondary N) is 1. The molecule has 0 saturated heterocycles. The van der Waals surface area contributed by atoms with Gasteiger partial charge in [-0.1, -0.05) is 20.8 Å². The molecule has 10 heavy (non-hydrogen) atoms. The normalized spacial score (nSPS) is 7.90. The Bertz CT molecular complexity index is 92.1. The van der Waals surface area contributed by atoms with Crippen LogP contribution < -0.4 is 24.8 Å². The third-order valence-corrected chi connectivity index (χ3v) is 0.681. The number of hydrogen-bond acceptors (Lipinski definition) is 1. The summed E-state index contributed by atoms with van der Waals surface area (Å²) >= 11 is 0. The van der Waals surface area contributed by atoms with Gasteiger partial charge in [-0.05, 0) is 0 Å². The third-order valence-electron chi connectivity index (χ3n) is 0.681.